The monoisotopic (exact) mass is 383 g/mol. The molecule has 1 fully saturated rings. The minimum absolute atomic E-state index is 0.0412. The van der Waals surface area contributed by atoms with E-state index < -0.39 is 11.7 Å². The molecule has 3 rings (SSSR count). The van der Waals surface area contributed by atoms with E-state index in [4.69, 9.17) is 4.52 Å². The molecule has 1 aliphatic heterocycles. The van der Waals surface area contributed by atoms with Gasteiger partial charge in [0.15, 0.2) is 0 Å². The predicted molar refractivity (Wildman–Crippen MR) is 94.3 cm³/mol. The van der Waals surface area contributed by atoms with Crippen LogP contribution in [0.4, 0.5) is 13.2 Å². The molecule has 2 aromatic heterocycles. The van der Waals surface area contributed by atoms with E-state index in [9.17, 15) is 18.0 Å². The molecule has 148 valence electrons. The number of rotatable bonds is 3. The molecule has 5 nitrogen and oxygen atoms in total. The van der Waals surface area contributed by atoms with Gasteiger partial charge < -0.3 is 9.42 Å². The largest absolute Gasteiger partial charge is 0.417 e. The fourth-order valence-electron chi connectivity index (χ4n) is 3.53. The molecular weight excluding hydrogens is 359 g/mol. The fourth-order valence-corrected chi connectivity index (χ4v) is 3.53. The summed E-state index contributed by atoms with van der Waals surface area (Å²) in [4.78, 5) is 18.1. The standard InChI is InChI=1S/C19H24F3N3O2/c1-10(2)14-9-13(19(20,21)22)15-16(24-27-17(15)23-14)12-5-7-25(8-6-12)18(26)11(3)4/h9-12H,5-8H2,1-4H3. The summed E-state index contributed by atoms with van der Waals surface area (Å²) in [6.07, 6.45) is -3.40. The van der Waals surface area contributed by atoms with Crippen molar-refractivity contribution >= 4 is 17.0 Å². The molecule has 2 aromatic rings. The molecule has 0 atom stereocenters. The maximum absolute atomic E-state index is 13.7. The molecule has 0 aliphatic carbocycles. The van der Waals surface area contributed by atoms with Crippen LogP contribution in [0.1, 0.15) is 69.3 Å². The normalized spacial score (nSPS) is 16.7. The molecule has 0 aromatic carbocycles. The lowest BCUT2D eigenvalue weighted by atomic mass is 9.90. The molecule has 0 unspecified atom stereocenters. The molecule has 0 radical (unpaired) electrons. The number of aromatic nitrogens is 2. The van der Waals surface area contributed by atoms with E-state index in [2.05, 4.69) is 10.1 Å². The molecule has 0 spiro atoms. The van der Waals surface area contributed by atoms with Crippen LogP contribution in [-0.4, -0.2) is 34.0 Å². The number of halogens is 3. The van der Waals surface area contributed by atoms with Gasteiger partial charge in [0.1, 0.15) is 0 Å². The first-order valence-corrected chi connectivity index (χ1v) is 9.25. The molecule has 8 heteroatoms. The number of likely N-dealkylation sites (tertiary alicyclic amines) is 1. The lowest BCUT2D eigenvalue weighted by molar-refractivity contribution is -0.136. The van der Waals surface area contributed by atoms with Gasteiger partial charge in [0.05, 0.1) is 16.6 Å². The molecule has 0 bridgehead atoms. The second kappa shape index (κ2) is 7.13. The van der Waals surface area contributed by atoms with Gasteiger partial charge in [0.2, 0.25) is 5.91 Å². The van der Waals surface area contributed by atoms with Crippen LogP contribution < -0.4 is 0 Å². The van der Waals surface area contributed by atoms with Crippen LogP contribution in [0, 0.1) is 5.92 Å². The lowest BCUT2D eigenvalue weighted by Crippen LogP contribution is -2.40. The zero-order valence-electron chi connectivity index (χ0n) is 15.9. The summed E-state index contributed by atoms with van der Waals surface area (Å²) in [6.45, 7) is 8.27. The number of amides is 1. The Morgan fingerprint density at radius 1 is 1.22 bits per heavy atom. The highest BCUT2D eigenvalue weighted by atomic mass is 19.4. The predicted octanol–water partition coefficient (Wildman–Crippen LogP) is 4.73. The van der Waals surface area contributed by atoms with Crippen molar-refractivity contribution in [1.29, 1.82) is 0 Å². The Morgan fingerprint density at radius 3 is 2.37 bits per heavy atom. The van der Waals surface area contributed by atoms with E-state index in [1.807, 2.05) is 13.8 Å². The Labute approximate surface area is 155 Å². The zero-order chi connectivity index (χ0) is 19.9. The smallest absolute Gasteiger partial charge is 0.342 e. The quantitative estimate of drug-likeness (QED) is 0.769. The SMILES string of the molecule is CC(C)C(=O)N1CCC(c2noc3nc(C(C)C)cc(C(F)(F)F)c23)CC1. The number of nitrogens with zero attached hydrogens (tertiary/aromatic N) is 3. The fraction of sp³-hybridized carbons (Fsp3) is 0.632. The Hall–Kier alpha value is -2.12. The van der Waals surface area contributed by atoms with Gasteiger partial charge >= 0.3 is 6.18 Å². The molecule has 1 amide bonds. The number of hydrogen-bond acceptors (Lipinski definition) is 4. The third-order valence-corrected chi connectivity index (χ3v) is 5.08. The van der Waals surface area contributed by atoms with Gasteiger partial charge in [-0.25, -0.2) is 4.98 Å². The van der Waals surface area contributed by atoms with E-state index in [0.29, 0.717) is 37.3 Å². The average Bonchev–Trinajstić information content (AvgIpc) is 3.03. The number of alkyl halides is 3. The van der Waals surface area contributed by atoms with E-state index in [0.717, 1.165) is 6.07 Å². The molecule has 27 heavy (non-hydrogen) atoms. The minimum Gasteiger partial charge on any atom is -0.342 e. The van der Waals surface area contributed by atoms with E-state index >= 15 is 0 Å². The average molecular weight is 383 g/mol. The van der Waals surface area contributed by atoms with Crippen LogP contribution in [0.3, 0.4) is 0 Å². The Morgan fingerprint density at radius 2 is 1.85 bits per heavy atom. The van der Waals surface area contributed by atoms with Crippen LogP contribution in [0.15, 0.2) is 10.6 Å². The van der Waals surface area contributed by atoms with Crippen LogP contribution in [0.5, 0.6) is 0 Å². The number of pyridine rings is 1. The summed E-state index contributed by atoms with van der Waals surface area (Å²) in [5, 5.41) is 3.92. The Bertz CT molecular complexity index is 835. The van der Waals surface area contributed by atoms with Crippen LogP contribution in [0.2, 0.25) is 0 Å². The van der Waals surface area contributed by atoms with Crippen molar-refractivity contribution in [2.24, 2.45) is 5.92 Å². The van der Waals surface area contributed by atoms with Crippen molar-refractivity contribution in [1.82, 2.24) is 15.0 Å². The third-order valence-electron chi connectivity index (χ3n) is 5.08. The van der Waals surface area contributed by atoms with E-state index in [1.54, 1.807) is 18.7 Å². The zero-order valence-corrected chi connectivity index (χ0v) is 15.9. The first-order chi connectivity index (χ1) is 12.6. The molecular formula is C19H24F3N3O2. The molecule has 1 saturated heterocycles. The second-order valence-electron chi connectivity index (χ2n) is 7.75. The first kappa shape index (κ1) is 19.6. The second-order valence-corrected chi connectivity index (χ2v) is 7.75. The van der Waals surface area contributed by atoms with Gasteiger partial charge in [-0.15, -0.1) is 0 Å². The maximum Gasteiger partial charge on any atom is 0.417 e. The van der Waals surface area contributed by atoms with Crippen molar-refractivity contribution in [2.75, 3.05) is 13.1 Å². The van der Waals surface area contributed by atoms with Crippen LogP contribution in [-0.2, 0) is 11.0 Å². The van der Waals surface area contributed by atoms with Crippen LogP contribution in [0.25, 0.3) is 11.1 Å². The summed E-state index contributed by atoms with van der Waals surface area (Å²) >= 11 is 0. The number of fused-ring (bicyclic) bond motifs is 1. The van der Waals surface area contributed by atoms with Crippen molar-refractivity contribution < 1.29 is 22.5 Å². The number of carbonyl (C=O) groups excluding carboxylic acids is 1. The van der Waals surface area contributed by atoms with Crippen LogP contribution >= 0.6 is 0 Å². The summed E-state index contributed by atoms with van der Waals surface area (Å²) < 4.78 is 46.3. The van der Waals surface area contributed by atoms with E-state index in [1.165, 1.54) is 0 Å². The molecule has 1 aliphatic rings. The van der Waals surface area contributed by atoms with Gasteiger partial charge in [-0.05, 0) is 24.8 Å². The summed E-state index contributed by atoms with van der Waals surface area (Å²) in [5.74, 6) is -0.368. The van der Waals surface area contributed by atoms with Gasteiger partial charge in [0, 0.05) is 30.6 Å². The summed E-state index contributed by atoms with van der Waals surface area (Å²) in [5.41, 5.74) is -0.177. The number of hydrogen-bond donors (Lipinski definition) is 0. The van der Waals surface area contributed by atoms with Gasteiger partial charge in [-0.1, -0.05) is 32.9 Å². The minimum atomic E-state index is -4.51. The Balaban J connectivity index is 1.96. The maximum atomic E-state index is 13.7. The Kier molecular flexibility index (Phi) is 5.18. The summed E-state index contributed by atoms with van der Waals surface area (Å²) in [6, 6.07) is 1.10. The number of piperidine rings is 1. The van der Waals surface area contributed by atoms with Crippen molar-refractivity contribution in [2.45, 2.75) is 58.5 Å². The van der Waals surface area contributed by atoms with E-state index in [-0.39, 0.29) is 34.8 Å². The topological polar surface area (TPSA) is 59.2 Å². The third kappa shape index (κ3) is 3.80. The molecule has 0 N–H and O–H groups in total. The highest BCUT2D eigenvalue weighted by Gasteiger charge is 2.38. The first-order valence-electron chi connectivity index (χ1n) is 9.25. The van der Waals surface area contributed by atoms with Gasteiger partial charge in [-0.3, -0.25) is 4.79 Å². The van der Waals surface area contributed by atoms with Crippen molar-refractivity contribution in [3.8, 4) is 0 Å². The van der Waals surface area contributed by atoms with Crippen molar-refractivity contribution in [3.63, 3.8) is 0 Å². The lowest BCUT2D eigenvalue weighted by Gasteiger charge is -2.32. The molecule has 0 saturated carbocycles. The highest BCUT2D eigenvalue weighted by Crippen LogP contribution is 2.41. The number of carbonyl (C=O) groups is 1. The van der Waals surface area contributed by atoms with Crippen molar-refractivity contribution in [3.05, 3.63) is 23.0 Å². The van der Waals surface area contributed by atoms with Gasteiger partial charge in [0.25, 0.3) is 5.71 Å². The summed E-state index contributed by atoms with van der Waals surface area (Å²) in [7, 11) is 0. The molecule has 3 heterocycles. The highest BCUT2D eigenvalue weighted by molar-refractivity contribution is 5.82. The van der Waals surface area contributed by atoms with Gasteiger partial charge in [-0.2, -0.15) is 13.2 Å².